The quantitative estimate of drug-likeness (QED) is 0.183. The summed E-state index contributed by atoms with van der Waals surface area (Å²) < 4.78 is 0. The zero-order valence-electron chi connectivity index (χ0n) is 12.0. The van der Waals surface area contributed by atoms with E-state index in [1.54, 1.807) is 0 Å². The summed E-state index contributed by atoms with van der Waals surface area (Å²) in [5, 5.41) is 56.5. The van der Waals surface area contributed by atoms with Crippen LogP contribution < -0.4 is 30.6 Å². The molecule has 0 aromatic carbocycles. The van der Waals surface area contributed by atoms with Gasteiger partial charge in [-0.05, 0) is 36.5 Å². The van der Waals surface area contributed by atoms with Crippen LogP contribution in [0.3, 0.4) is 0 Å². The zero-order valence-corrected chi connectivity index (χ0v) is 16.3. The van der Waals surface area contributed by atoms with Crippen molar-refractivity contribution in [3.8, 4) is 0 Å². The van der Waals surface area contributed by atoms with E-state index in [1.807, 2.05) is 0 Å². The molecular formula is C12H6Au2O12. The third kappa shape index (κ3) is 57.8. The Hall–Kier alpha value is -2.48. The molecule has 0 bridgehead atoms. The van der Waals surface area contributed by atoms with Crippen molar-refractivity contribution in [2.45, 2.75) is 0 Å². The van der Waals surface area contributed by atoms with Gasteiger partial charge in [-0.25, -0.2) is 0 Å². The number of rotatable bonds is 6. The molecule has 0 spiro atoms. The van der Waals surface area contributed by atoms with Crippen LogP contribution in [0.15, 0.2) is 36.5 Å². The minimum Gasteiger partial charge on any atom is -0.545 e. The fourth-order valence-electron chi connectivity index (χ4n) is 0.408. The topological polar surface area (TPSA) is 241 Å². The van der Waals surface area contributed by atoms with E-state index in [1.165, 1.54) is 0 Å². The van der Waals surface area contributed by atoms with Crippen LogP contribution in [-0.2, 0) is 73.5 Å². The first-order valence-corrected chi connectivity index (χ1v) is 5.18. The fourth-order valence-corrected chi connectivity index (χ4v) is 0.408. The molecule has 0 unspecified atom stereocenters. The van der Waals surface area contributed by atoms with Gasteiger partial charge in [-0.15, -0.1) is 0 Å². The number of hydrogen-bond acceptors (Lipinski definition) is 12. The van der Waals surface area contributed by atoms with Gasteiger partial charge in [0.2, 0.25) is 0 Å². The van der Waals surface area contributed by atoms with E-state index >= 15 is 0 Å². The summed E-state index contributed by atoms with van der Waals surface area (Å²) in [6, 6.07) is 0. The van der Waals surface area contributed by atoms with Gasteiger partial charge in [-0.1, -0.05) is 0 Å². The molecule has 0 aromatic rings. The van der Waals surface area contributed by atoms with Gasteiger partial charge in [0.05, 0.1) is 35.8 Å². The van der Waals surface area contributed by atoms with Crippen LogP contribution in [0.1, 0.15) is 0 Å². The predicted octanol–water partition coefficient (Wildman–Crippen LogP) is -8.88. The summed E-state index contributed by atoms with van der Waals surface area (Å²) in [5.74, 6) is -9.28. The maximum atomic E-state index is 9.41. The molecule has 0 saturated heterocycles. The molecule has 0 aliphatic heterocycles. The summed E-state index contributed by atoms with van der Waals surface area (Å²) in [6.07, 6.45) is 2.31. The normalized spacial score (nSPS) is 8.77. The molecule has 0 saturated carbocycles. The van der Waals surface area contributed by atoms with Gasteiger partial charge >= 0.3 is 44.8 Å². The van der Waals surface area contributed by atoms with Gasteiger partial charge in [0.25, 0.3) is 0 Å². The van der Waals surface area contributed by atoms with E-state index in [-0.39, 0.29) is 44.8 Å². The van der Waals surface area contributed by atoms with Crippen LogP contribution in [0.4, 0.5) is 0 Å². The first-order valence-electron chi connectivity index (χ1n) is 5.18. The van der Waals surface area contributed by atoms with E-state index in [2.05, 4.69) is 0 Å². The molecule has 0 radical (unpaired) electrons. The van der Waals surface area contributed by atoms with Gasteiger partial charge in [-0.2, -0.15) is 0 Å². The van der Waals surface area contributed by atoms with E-state index in [9.17, 15) is 59.4 Å². The summed E-state index contributed by atoms with van der Waals surface area (Å²) in [5.41, 5.74) is 0. The third-order valence-electron chi connectivity index (χ3n) is 1.07. The zero-order chi connectivity index (χ0) is 19.7. The SMILES string of the molecule is O=C([O-])/C=C/C(=O)[O-].O=C([O-])/C=C/C(=O)[O-].O=C([O-])/C=C/C(=O)[O-].[Au+3].[Au+3]. The minimum absolute atomic E-state index is 0. The van der Waals surface area contributed by atoms with Crippen LogP contribution in [0.5, 0.6) is 0 Å². The summed E-state index contributed by atoms with van der Waals surface area (Å²) >= 11 is 0. The molecule has 0 heterocycles. The van der Waals surface area contributed by atoms with Crippen LogP contribution in [0.2, 0.25) is 0 Å². The van der Waals surface area contributed by atoms with Crippen LogP contribution in [0.25, 0.3) is 0 Å². The molecule has 14 heteroatoms. The summed E-state index contributed by atoms with van der Waals surface area (Å²) in [4.78, 5) is 56.5. The Balaban J connectivity index is -0.0000000817. The molecular weight excluding hydrogens is 730 g/mol. The van der Waals surface area contributed by atoms with Crippen molar-refractivity contribution in [3.63, 3.8) is 0 Å². The van der Waals surface area contributed by atoms with Crippen molar-refractivity contribution in [2.24, 2.45) is 0 Å². The first-order chi connectivity index (χ1) is 10.9. The van der Waals surface area contributed by atoms with E-state index in [4.69, 9.17) is 0 Å². The maximum absolute atomic E-state index is 9.41. The average molecular weight is 736 g/mol. The van der Waals surface area contributed by atoms with Gasteiger partial charge in [0.15, 0.2) is 0 Å². The average Bonchev–Trinajstić information content (AvgIpc) is 2.42. The number of hydrogen-bond donors (Lipinski definition) is 0. The number of carbonyl (C=O) groups excluding carboxylic acids is 6. The van der Waals surface area contributed by atoms with Gasteiger partial charge in [0.1, 0.15) is 0 Å². The minimum atomic E-state index is -1.55. The Morgan fingerprint density at radius 1 is 0.346 bits per heavy atom. The fraction of sp³-hybridized carbons (Fsp3) is 0. The summed E-state index contributed by atoms with van der Waals surface area (Å²) in [6.45, 7) is 0. The Morgan fingerprint density at radius 2 is 0.423 bits per heavy atom. The summed E-state index contributed by atoms with van der Waals surface area (Å²) in [7, 11) is 0. The predicted molar refractivity (Wildman–Crippen MR) is 57.5 cm³/mol. The number of carbonyl (C=O) groups is 6. The second kappa shape index (κ2) is 22.5. The molecule has 12 nitrogen and oxygen atoms in total. The van der Waals surface area contributed by atoms with E-state index in [0.717, 1.165) is 0 Å². The molecule has 0 aromatic heterocycles. The molecule has 0 fully saturated rings. The molecule has 0 rings (SSSR count). The molecule has 0 aliphatic rings. The smallest absolute Gasteiger partial charge is 0.545 e. The Morgan fingerprint density at radius 3 is 0.462 bits per heavy atom. The molecule has 0 aliphatic carbocycles. The molecule has 0 atom stereocenters. The third-order valence-corrected chi connectivity index (χ3v) is 1.07. The van der Waals surface area contributed by atoms with Crippen molar-refractivity contribution >= 4 is 35.8 Å². The van der Waals surface area contributed by atoms with Crippen molar-refractivity contribution in [1.82, 2.24) is 0 Å². The standard InChI is InChI=1S/3C4H4O4.2Au/c3*5-3(6)1-2-4(7)8;;/h3*1-2H,(H,5,6)(H,7,8);;/q;;;2*+3/p-6/b3*2-1+;;. The van der Waals surface area contributed by atoms with Crippen LogP contribution >= 0.6 is 0 Å². The van der Waals surface area contributed by atoms with Gasteiger partial charge in [-0.3, -0.25) is 0 Å². The van der Waals surface area contributed by atoms with Crippen molar-refractivity contribution < 1.29 is 104 Å². The largest absolute Gasteiger partial charge is 3.00 e. The Labute approximate surface area is 176 Å². The molecule has 0 amide bonds. The molecule has 0 N–H and O–H groups in total. The van der Waals surface area contributed by atoms with E-state index in [0.29, 0.717) is 36.5 Å². The van der Waals surface area contributed by atoms with Gasteiger partial charge < -0.3 is 59.4 Å². The van der Waals surface area contributed by atoms with E-state index < -0.39 is 35.8 Å². The van der Waals surface area contributed by atoms with Gasteiger partial charge in [0, 0.05) is 0 Å². The number of carboxylic acid groups (broad SMARTS) is 6. The van der Waals surface area contributed by atoms with Crippen molar-refractivity contribution in [2.75, 3.05) is 0 Å². The Kier molecular flexibility index (Phi) is 30.1. The second-order valence-electron chi connectivity index (χ2n) is 2.91. The second-order valence-corrected chi connectivity index (χ2v) is 2.91. The number of carboxylic acids is 6. The number of aliphatic carboxylic acids is 6. The van der Waals surface area contributed by atoms with Crippen molar-refractivity contribution in [1.29, 1.82) is 0 Å². The van der Waals surface area contributed by atoms with Crippen molar-refractivity contribution in [3.05, 3.63) is 36.5 Å². The molecule has 148 valence electrons. The monoisotopic (exact) mass is 736 g/mol. The molecule has 26 heavy (non-hydrogen) atoms. The van der Waals surface area contributed by atoms with Crippen LogP contribution in [0, 0.1) is 0 Å². The maximum Gasteiger partial charge on any atom is 3.00 e. The Bertz CT molecular complexity index is 448. The van der Waals surface area contributed by atoms with Crippen LogP contribution in [-0.4, -0.2) is 35.8 Å². The first kappa shape index (κ1) is 34.8.